The van der Waals surface area contributed by atoms with Crippen LogP contribution in [0.4, 0.5) is 14.9 Å². The van der Waals surface area contributed by atoms with Gasteiger partial charge in [-0.2, -0.15) is 0 Å². The molecule has 0 saturated carbocycles. The van der Waals surface area contributed by atoms with E-state index < -0.39 is 23.7 Å². The number of amides is 2. The van der Waals surface area contributed by atoms with E-state index in [1.807, 2.05) is 6.92 Å². The van der Waals surface area contributed by atoms with Gasteiger partial charge in [0.25, 0.3) is 0 Å². The highest BCUT2D eigenvalue weighted by atomic mass is 79.9. The number of carbonyl (C=O) groups is 2. The topological polar surface area (TPSA) is 69.6 Å². The van der Waals surface area contributed by atoms with Crippen LogP contribution in [0.3, 0.4) is 0 Å². The third-order valence-corrected chi connectivity index (χ3v) is 3.96. The zero-order valence-electron chi connectivity index (χ0n) is 11.5. The maximum Gasteiger partial charge on any atom is 0.321 e. The van der Waals surface area contributed by atoms with Crippen LogP contribution in [0, 0.1) is 17.7 Å². The summed E-state index contributed by atoms with van der Waals surface area (Å²) in [5.74, 6) is -1.93. The molecular weight excluding hydrogens is 343 g/mol. The highest BCUT2D eigenvalue weighted by Gasteiger charge is 2.32. The van der Waals surface area contributed by atoms with Crippen molar-refractivity contribution in [2.75, 3.05) is 18.4 Å². The summed E-state index contributed by atoms with van der Waals surface area (Å²) in [4.78, 5) is 24.7. The highest BCUT2D eigenvalue weighted by Crippen LogP contribution is 2.24. The second-order valence-corrected chi connectivity index (χ2v) is 6.25. The SMILES string of the molecule is CC1CC(C(=O)O)CN(C(=O)Nc2ccc(Br)cc2F)C1. The fourth-order valence-corrected chi connectivity index (χ4v) is 2.81. The van der Waals surface area contributed by atoms with Crippen molar-refractivity contribution in [1.82, 2.24) is 4.90 Å². The van der Waals surface area contributed by atoms with Gasteiger partial charge in [-0.3, -0.25) is 4.79 Å². The standard InChI is InChI=1S/C14H16BrFN2O3/c1-8-4-9(13(19)20)7-18(6-8)14(21)17-12-3-2-10(15)5-11(12)16/h2-3,5,8-9H,4,6-7H2,1H3,(H,17,21)(H,19,20). The van der Waals surface area contributed by atoms with Gasteiger partial charge >= 0.3 is 12.0 Å². The first-order chi connectivity index (χ1) is 9.86. The predicted molar refractivity (Wildman–Crippen MR) is 79.6 cm³/mol. The van der Waals surface area contributed by atoms with E-state index in [2.05, 4.69) is 21.2 Å². The Kier molecular flexibility index (Phi) is 4.82. The number of urea groups is 1. The van der Waals surface area contributed by atoms with Gasteiger partial charge in [-0.05, 0) is 30.5 Å². The van der Waals surface area contributed by atoms with Crippen molar-refractivity contribution in [3.05, 3.63) is 28.5 Å². The smallest absolute Gasteiger partial charge is 0.321 e. The summed E-state index contributed by atoms with van der Waals surface area (Å²) in [6, 6.07) is 3.86. The molecule has 0 aliphatic carbocycles. The monoisotopic (exact) mass is 358 g/mol. The molecule has 0 bridgehead atoms. The second-order valence-electron chi connectivity index (χ2n) is 5.34. The molecule has 2 atom stereocenters. The molecular formula is C14H16BrFN2O3. The molecule has 1 aliphatic heterocycles. The number of carboxylic acid groups (broad SMARTS) is 1. The summed E-state index contributed by atoms with van der Waals surface area (Å²) >= 11 is 3.14. The number of hydrogen-bond donors (Lipinski definition) is 2. The Morgan fingerprint density at radius 2 is 2.14 bits per heavy atom. The summed E-state index contributed by atoms with van der Waals surface area (Å²) in [6.07, 6.45) is 0.547. The molecule has 0 aromatic heterocycles. The number of piperidine rings is 1. The number of carboxylic acids is 1. The van der Waals surface area contributed by atoms with Crippen LogP contribution in [-0.4, -0.2) is 35.1 Å². The van der Waals surface area contributed by atoms with Gasteiger partial charge in [0.2, 0.25) is 0 Å². The molecule has 1 aromatic rings. The Labute approximate surface area is 130 Å². The second kappa shape index (κ2) is 6.43. The van der Waals surface area contributed by atoms with Crippen LogP contribution in [0.2, 0.25) is 0 Å². The summed E-state index contributed by atoms with van der Waals surface area (Å²) in [5, 5.41) is 11.6. The van der Waals surface area contributed by atoms with Crippen molar-refractivity contribution in [2.45, 2.75) is 13.3 Å². The number of nitrogens with one attached hydrogen (secondary N) is 1. The zero-order valence-corrected chi connectivity index (χ0v) is 13.1. The normalized spacial score (nSPS) is 22.0. The maximum absolute atomic E-state index is 13.7. The van der Waals surface area contributed by atoms with Crippen molar-refractivity contribution in [3.8, 4) is 0 Å². The number of nitrogens with zero attached hydrogens (tertiary/aromatic N) is 1. The third kappa shape index (κ3) is 3.93. The number of likely N-dealkylation sites (tertiary alicyclic amines) is 1. The van der Waals surface area contributed by atoms with Crippen molar-refractivity contribution >= 4 is 33.6 Å². The van der Waals surface area contributed by atoms with E-state index >= 15 is 0 Å². The highest BCUT2D eigenvalue weighted by molar-refractivity contribution is 9.10. The minimum atomic E-state index is -0.908. The molecule has 1 aromatic carbocycles. The molecule has 5 nitrogen and oxygen atoms in total. The Morgan fingerprint density at radius 3 is 2.76 bits per heavy atom. The van der Waals surface area contributed by atoms with Gasteiger partial charge in [0.05, 0.1) is 11.6 Å². The summed E-state index contributed by atoms with van der Waals surface area (Å²) in [6.45, 7) is 2.51. The molecule has 1 fully saturated rings. The molecule has 114 valence electrons. The fourth-order valence-electron chi connectivity index (χ4n) is 2.48. The van der Waals surface area contributed by atoms with Crippen LogP contribution < -0.4 is 5.32 Å². The van der Waals surface area contributed by atoms with Gasteiger partial charge in [0.1, 0.15) is 5.82 Å². The van der Waals surface area contributed by atoms with E-state index in [-0.39, 0.29) is 18.2 Å². The number of rotatable bonds is 2. The maximum atomic E-state index is 13.7. The number of anilines is 1. The summed E-state index contributed by atoms with van der Waals surface area (Å²) in [7, 11) is 0. The molecule has 21 heavy (non-hydrogen) atoms. The molecule has 2 unspecified atom stereocenters. The minimum absolute atomic E-state index is 0.0771. The number of aliphatic carboxylic acids is 1. The lowest BCUT2D eigenvalue weighted by molar-refractivity contribution is -0.143. The van der Waals surface area contributed by atoms with E-state index in [1.165, 1.54) is 17.0 Å². The van der Waals surface area contributed by atoms with Crippen molar-refractivity contribution < 1.29 is 19.1 Å². The van der Waals surface area contributed by atoms with Crippen LogP contribution in [0.5, 0.6) is 0 Å². The largest absolute Gasteiger partial charge is 0.481 e. The van der Waals surface area contributed by atoms with Crippen LogP contribution in [-0.2, 0) is 4.79 Å². The van der Waals surface area contributed by atoms with Gasteiger partial charge in [-0.25, -0.2) is 9.18 Å². The first-order valence-corrected chi connectivity index (χ1v) is 7.40. The van der Waals surface area contributed by atoms with Gasteiger partial charge in [-0.1, -0.05) is 22.9 Å². The van der Waals surface area contributed by atoms with E-state index in [0.717, 1.165) is 0 Å². The van der Waals surface area contributed by atoms with Crippen LogP contribution in [0.25, 0.3) is 0 Å². The van der Waals surface area contributed by atoms with E-state index in [9.17, 15) is 14.0 Å². The number of carbonyl (C=O) groups excluding carboxylic acids is 1. The fraction of sp³-hybridized carbons (Fsp3) is 0.429. The van der Waals surface area contributed by atoms with E-state index in [0.29, 0.717) is 17.4 Å². The Bertz CT molecular complexity index is 567. The van der Waals surface area contributed by atoms with E-state index in [4.69, 9.17) is 5.11 Å². The lowest BCUT2D eigenvalue weighted by atomic mass is 9.91. The molecule has 1 aliphatic rings. The average molecular weight is 359 g/mol. The van der Waals surface area contributed by atoms with Gasteiger partial charge in [-0.15, -0.1) is 0 Å². The predicted octanol–water partition coefficient (Wildman–Crippen LogP) is 3.16. The number of halogens is 2. The van der Waals surface area contributed by atoms with Crippen LogP contribution in [0.15, 0.2) is 22.7 Å². The molecule has 1 heterocycles. The van der Waals surface area contributed by atoms with Crippen molar-refractivity contribution in [1.29, 1.82) is 0 Å². The van der Waals surface area contributed by atoms with Gasteiger partial charge in [0.15, 0.2) is 0 Å². The van der Waals surface area contributed by atoms with Crippen molar-refractivity contribution in [2.24, 2.45) is 11.8 Å². The lowest BCUT2D eigenvalue weighted by Crippen LogP contribution is -2.47. The Balaban J connectivity index is 2.07. The molecule has 0 radical (unpaired) electrons. The molecule has 1 saturated heterocycles. The van der Waals surface area contributed by atoms with Gasteiger partial charge in [0, 0.05) is 17.6 Å². The first kappa shape index (κ1) is 15.8. The third-order valence-electron chi connectivity index (χ3n) is 3.47. The van der Waals surface area contributed by atoms with Crippen LogP contribution in [0.1, 0.15) is 13.3 Å². The molecule has 7 heteroatoms. The van der Waals surface area contributed by atoms with Crippen molar-refractivity contribution in [3.63, 3.8) is 0 Å². The lowest BCUT2D eigenvalue weighted by Gasteiger charge is -2.34. The summed E-state index contributed by atoms with van der Waals surface area (Å²) < 4.78 is 14.3. The van der Waals surface area contributed by atoms with Gasteiger partial charge < -0.3 is 15.3 Å². The Hall–Kier alpha value is -1.63. The number of benzene rings is 1. The average Bonchev–Trinajstić information content (AvgIpc) is 2.41. The van der Waals surface area contributed by atoms with Crippen LogP contribution >= 0.6 is 15.9 Å². The summed E-state index contributed by atoms with van der Waals surface area (Å²) in [5.41, 5.74) is 0.0771. The molecule has 2 rings (SSSR count). The molecule has 2 amide bonds. The number of hydrogen-bond acceptors (Lipinski definition) is 2. The quantitative estimate of drug-likeness (QED) is 0.852. The minimum Gasteiger partial charge on any atom is -0.481 e. The first-order valence-electron chi connectivity index (χ1n) is 6.60. The Morgan fingerprint density at radius 1 is 1.43 bits per heavy atom. The molecule has 0 spiro atoms. The molecule has 2 N–H and O–H groups in total. The zero-order chi connectivity index (χ0) is 15.6. The van der Waals surface area contributed by atoms with E-state index in [1.54, 1.807) is 6.07 Å².